The number of nitrogens with one attached hydrogen (secondary N) is 1. The van der Waals surface area contributed by atoms with E-state index in [-0.39, 0.29) is 40.1 Å². The fraction of sp³-hybridized carbons (Fsp3) is 0.632. The number of hydrogen-bond acceptors (Lipinski definition) is 8. The lowest BCUT2D eigenvalue weighted by molar-refractivity contribution is 0.155. The minimum atomic E-state index is -3.58. The van der Waals surface area contributed by atoms with Crippen LogP contribution in [0, 0.1) is 0 Å². The molecule has 0 radical (unpaired) electrons. The maximum atomic E-state index is 11.3. The molecule has 0 saturated heterocycles. The minimum Gasteiger partial charge on any atom is -0.507 e. The molecular weight excluding hydrogens is 607 g/mol. The largest absolute Gasteiger partial charge is 0.507 e. The Morgan fingerprint density at radius 2 is 1.30 bits per heavy atom. The molecule has 8 nitrogen and oxygen atoms in total. The fourth-order valence-corrected chi connectivity index (χ4v) is 7.27. The molecule has 0 bridgehead atoms. The van der Waals surface area contributed by atoms with Crippen LogP contribution in [-0.2, 0) is 27.2 Å². The highest BCUT2D eigenvalue weighted by molar-refractivity contribution is 6.57. The molecule has 5 N–H and O–H groups in total. The molecule has 1 aliphatic rings. The maximum absolute atomic E-state index is 11.3. The highest BCUT2D eigenvalue weighted by Crippen LogP contribution is 2.38. The van der Waals surface area contributed by atoms with Crippen molar-refractivity contribution < 1.29 is 24.2 Å². The molecule has 47 heavy (non-hydrogen) atoms. The first-order valence-corrected chi connectivity index (χ1v) is 19.3. The van der Waals surface area contributed by atoms with Gasteiger partial charge >= 0.3 is 8.80 Å². The summed E-state index contributed by atoms with van der Waals surface area (Å²) >= 11 is 0. The SMILES string of the molecule is CCO[Si](O)(O)CCCNCc1cc(C=N[C@H]2CCCC[C@@H]2N=Cc2cc(C(C)(C)C)cc(C(C)(C)C)c2O)c(O)c(C(C)(C)C)c1. The van der Waals surface area contributed by atoms with E-state index in [4.69, 9.17) is 14.4 Å². The zero-order valence-corrected chi connectivity index (χ0v) is 31.6. The van der Waals surface area contributed by atoms with Crippen molar-refractivity contribution >= 4 is 21.2 Å². The predicted octanol–water partition coefficient (Wildman–Crippen LogP) is 7.28. The number of benzene rings is 2. The van der Waals surface area contributed by atoms with Crippen LogP contribution in [0.4, 0.5) is 0 Å². The van der Waals surface area contributed by atoms with E-state index < -0.39 is 8.80 Å². The van der Waals surface area contributed by atoms with E-state index in [9.17, 15) is 19.8 Å². The van der Waals surface area contributed by atoms with Gasteiger partial charge in [0.05, 0.1) is 12.1 Å². The summed E-state index contributed by atoms with van der Waals surface area (Å²) in [4.78, 5) is 30.0. The van der Waals surface area contributed by atoms with Gasteiger partial charge in [0.15, 0.2) is 0 Å². The van der Waals surface area contributed by atoms with Crippen molar-refractivity contribution in [3.8, 4) is 11.5 Å². The number of aliphatic imine (C=N–C) groups is 2. The Kier molecular flexibility index (Phi) is 13.0. The van der Waals surface area contributed by atoms with E-state index in [0.717, 1.165) is 47.9 Å². The zero-order valence-electron chi connectivity index (χ0n) is 30.6. The van der Waals surface area contributed by atoms with Gasteiger partial charge in [-0.15, -0.1) is 0 Å². The molecule has 2 atom stereocenters. The molecule has 3 rings (SSSR count). The number of nitrogens with zero attached hydrogens (tertiary/aromatic N) is 2. The molecule has 1 aliphatic carbocycles. The van der Waals surface area contributed by atoms with Crippen molar-refractivity contribution in [2.75, 3.05) is 13.2 Å². The van der Waals surface area contributed by atoms with Gasteiger partial charge in [-0.05, 0) is 72.2 Å². The van der Waals surface area contributed by atoms with Gasteiger partial charge in [0.25, 0.3) is 0 Å². The molecule has 0 aromatic heterocycles. The number of aromatic hydroxyl groups is 2. The Labute approximate surface area is 284 Å². The van der Waals surface area contributed by atoms with Gasteiger partial charge < -0.3 is 29.5 Å². The van der Waals surface area contributed by atoms with Crippen molar-refractivity contribution in [2.24, 2.45) is 9.98 Å². The quantitative estimate of drug-likeness (QED) is 0.0920. The average molecular weight is 668 g/mol. The topological polar surface area (TPSA) is 127 Å². The number of hydrogen-bond donors (Lipinski definition) is 5. The molecule has 1 fully saturated rings. The van der Waals surface area contributed by atoms with Crippen LogP contribution in [-0.4, -0.2) is 66.3 Å². The van der Waals surface area contributed by atoms with E-state index in [0.29, 0.717) is 37.4 Å². The molecule has 0 spiro atoms. The summed E-state index contributed by atoms with van der Waals surface area (Å²) in [6.07, 6.45) is 8.23. The van der Waals surface area contributed by atoms with Crippen molar-refractivity contribution in [2.45, 2.75) is 142 Å². The first-order chi connectivity index (χ1) is 21.7. The van der Waals surface area contributed by atoms with E-state index in [1.807, 2.05) is 24.6 Å². The summed E-state index contributed by atoms with van der Waals surface area (Å²) in [5.41, 5.74) is 4.85. The van der Waals surface area contributed by atoms with Crippen LogP contribution in [0.3, 0.4) is 0 Å². The first-order valence-electron chi connectivity index (χ1n) is 17.3. The molecule has 9 heteroatoms. The highest BCUT2D eigenvalue weighted by Gasteiger charge is 2.31. The Morgan fingerprint density at radius 1 is 0.787 bits per heavy atom. The van der Waals surface area contributed by atoms with Gasteiger partial charge in [-0.1, -0.05) is 87.3 Å². The van der Waals surface area contributed by atoms with E-state index in [2.05, 4.69) is 79.8 Å². The maximum Gasteiger partial charge on any atom is 0.495 e. The molecule has 262 valence electrons. The molecule has 2 aromatic rings. The third-order valence-electron chi connectivity index (χ3n) is 8.89. The Bertz CT molecular complexity index is 1400. The molecule has 0 heterocycles. The van der Waals surface area contributed by atoms with Crippen LogP contribution < -0.4 is 5.32 Å². The average Bonchev–Trinajstić information content (AvgIpc) is 2.95. The summed E-state index contributed by atoms with van der Waals surface area (Å²) in [7, 11) is -3.58. The normalized spacial score (nSPS) is 18.5. The number of phenols is 2. The summed E-state index contributed by atoms with van der Waals surface area (Å²) in [6.45, 7) is 22.4. The van der Waals surface area contributed by atoms with Gasteiger partial charge in [-0.25, -0.2) is 0 Å². The van der Waals surface area contributed by atoms with Crippen molar-refractivity contribution in [3.63, 3.8) is 0 Å². The molecule has 0 aliphatic heterocycles. The van der Waals surface area contributed by atoms with Crippen LogP contribution >= 0.6 is 0 Å². The van der Waals surface area contributed by atoms with Crippen LogP contribution in [0.15, 0.2) is 34.3 Å². The number of phenolic OH excluding ortho intramolecular Hbond substituents is 2. The summed E-state index contributed by atoms with van der Waals surface area (Å²) in [5.74, 6) is 0.533. The summed E-state index contributed by atoms with van der Waals surface area (Å²) < 4.78 is 5.10. The van der Waals surface area contributed by atoms with Gasteiger partial charge in [0, 0.05) is 53.9 Å². The Balaban J connectivity index is 1.85. The highest BCUT2D eigenvalue weighted by atomic mass is 28.4. The lowest BCUT2D eigenvalue weighted by Crippen LogP contribution is -2.39. The third-order valence-corrected chi connectivity index (χ3v) is 10.6. The van der Waals surface area contributed by atoms with E-state index >= 15 is 0 Å². The second-order valence-electron chi connectivity index (χ2n) is 16.2. The standard InChI is InChI=1S/C38H61N3O5Si/c1-11-46-47(44,45)18-14-17-39-23-26-19-27(34(42)30(20-26)37(5,6)7)24-40-32-15-12-13-16-33(32)41-25-28-21-29(36(2,3)4)22-31(35(28)43)38(8,9)10/h19-22,24-25,32-33,39,42-45H,11-18,23H2,1-10H3/t32-,33-/m0/s1. The molecule has 0 amide bonds. The van der Waals surface area contributed by atoms with Crippen LogP contribution in [0.5, 0.6) is 11.5 Å². The lowest BCUT2D eigenvalue weighted by Gasteiger charge is -2.28. The van der Waals surface area contributed by atoms with Gasteiger partial charge in [0.1, 0.15) is 11.5 Å². The van der Waals surface area contributed by atoms with Crippen molar-refractivity contribution in [3.05, 3.63) is 57.6 Å². The lowest BCUT2D eigenvalue weighted by atomic mass is 9.79. The van der Waals surface area contributed by atoms with Gasteiger partial charge in [-0.2, -0.15) is 0 Å². The Hall–Kier alpha value is -2.56. The molecule has 0 unspecified atom stereocenters. The monoisotopic (exact) mass is 667 g/mol. The fourth-order valence-electron chi connectivity index (χ4n) is 6.02. The molecular formula is C38H61N3O5Si. The smallest absolute Gasteiger partial charge is 0.495 e. The second-order valence-corrected chi connectivity index (χ2v) is 18.5. The van der Waals surface area contributed by atoms with Crippen LogP contribution in [0.2, 0.25) is 6.04 Å². The molecule has 1 saturated carbocycles. The van der Waals surface area contributed by atoms with E-state index in [1.165, 1.54) is 5.56 Å². The van der Waals surface area contributed by atoms with Crippen molar-refractivity contribution in [1.82, 2.24) is 5.32 Å². The van der Waals surface area contributed by atoms with Gasteiger partial charge in [0.2, 0.25) is 0 Å². The second kappa shape index (κ2) is 15.8. The Morgan fingerprint density at radius 3 is 1.79 bits per heavy atom. The third kappa shape index (κ3) is 11.2. The zero-order chi connectivity index (χ0) is 35.2. The van der Waals surface area contributed by atoms with Crippen molar-refractivity contribution in [1.29, 1.82) is 0 Å². The van der Waals surface area contributed by atoms with Gasteiger partial charge in [-0.3, -0.25) is 9.98 Å². The number of rotatable bonds is 12. The van der Waals surface area contributed by atoms with Crippen LogP contribution in [0.25, 0.3) is 0 Å². The minimum absolute atomic E-state index is 0.0183. The molecule has 2 aromatic carbocycles. The summed E-state index contributed by atoms with van der Waals surface area (Å²) in [6, 6.07) is 8.40. The van der Waals surface area contributed by atoms with Crippen LogP contribution in [0.1, 0.15) is 135 Å². The van der Waals surface area contributed by atoms with E-state index in [1.54, 1.807) is 6.92 Å². The predicted molar refractivity (Wildman–Crippen MR) is 196 cm³/mol. The summed E-state index contributed by atoms with van der Waals surface area (Å²) in [5, 5.41) is 26.0. The first kappa shape index (κ1) is 38.9.